The highest BCUT2D eigenvalue weighted by molar-refractivity contribution is 7.89. The van der Waals surface area contributed by atoms with Crippen molar-refractivity contribution < 1.29 is 27.6 Å². The van der Waals surface area contributed by atoms with Gasteiger partial charge in [0.25, 0.3) is 11.8 Å². The summed E-state index contributed by atoms with van der Waals surface area (Å²) in [5.74, 6) is -2.29. The summed E-state index contributed by atoms with van der Waals surface area (Å²) >= 11 is 11.6. The number of nitrogens with zero attached hydrogens (tertiary/aromatic N) is 1. The lowest BCUT2D eigenvalue weighted by Crippen LogP contribution is -2.33. The number of sulfonamides is 1. The van der Waals surface area contributed by atoms with Crippen LogP contribution in [0.15, 0.2) is 47.4 Å². The molecular formula is C18H14Cl2N2O6S. The number of benzene rings is 2. The Hall–Kier alpha value is -2.46. The topological polar surface area (TPSA) is 110 Å². The van der Waals surface area contributed by atoms with Crippen LogP contribution in [0.5, 0.6) is 0 Å². The fourth-order valence-electron chi connectivity index (χ4n) is 2.56. The lowest BCUT2D eigenvalue weighted by molar-refractivity contribution is -0.168. The number of carbonyl (C=O) groups is 3. The molecule has 0 aromatic heterocycles. The summed E-state index contributed by atoms with van der Waals surface area (Å²) in [5, 5.41) is 0.730. The molecule has 2 aromatic carbocycles. The first-order valence-electron chi connectivity index (χ1n) is 8.34. The van der Waals surface area contributed by atoms with E-state index in [0.29, 0.717) is 5.06 Å². The van der Waals surface area contributed by atoms with Crippen LogP contribution < -0.4 is 4.72 Å². The second kappa shape index (κ2) is 8.50. The molecule has 0 atom stereocenters. The predicted molar refractivity (Wildman–Crippen MR) is 104 cm³/mol. The van der Waals surface area contributed by atoms with Gasteiger partial charge in [0.1, 0.15) is 0 Å². The molecule has 11 heteroatoms. The van der Waals surface area contributed by atoms with Crippen molar-refractivity contribution in [1.82, 2.24) is 9.79 Å². The smallest absolute Gasteiger partial charge is 0.330 e. The number of imide groups is 1. The van der Waals surface area contributed by atoms with Crippen LogP contribution in [0.1, 0.15) is 33.6 Å². The molecule has 2 aromatic rings. The molecule has 1 heterocycles. The molecule has 0 aliphatic carbocycles. The van der Waals surface area contributed by atoms with Crippen LogP contribution in [-0.2, 0) is 19.7 Å². The lowest BCUT2D eigenvalue weighted by Gasteiger charge is -2.12. The average molecular weight is 457 g/mol. The van der Waals surface area contributed by atoms with Gasteiger partial charge < -0.3 is 4.84 Å². The van der Waals surface area contributed by atoms with Gasteiger partial charge >= 0.3 is 5.97 Å². The first kappa shape index (κ1) is 21.3. The van der Waals surface area contributed by atoms with E-state index in [4.69, 9.17) is 28.0 Å². The molecule has 2 amide bonds. The van der Waals surface area contributed by atoms with Gasteiger partial charge in [-0.2, -0.15) is 0 Å². The van der Waals surface area contributed by atoms with Crippen LogP contribution in [-0.4, -0.2) is 37.8 Å². The third-order valence-electron chi connectivity index (χ3n) is 4.00. The maximum atomic E-state index is 12.2. The molecule has 0 spiro atoms. The van der Waals surface area contributed by atoms with Crippen molar-refractivity contribution in [1.29, 1.82) is 0 Å². The molecule has 0 unspecified atom stereocenters. The number of halogens is 2. The third kappa shape index (κ3) is 4.59. The number of amides is 2. The molecule has 1 aliphatic rings. The van der Waals surface area contributed by atoms with Gasteiger partial charge in [-0.25, -0.2) is 17.9 Å². The lowest BCUT2D eigenvalue weighted by atomic mass is 10.1. The highest BCUT2D eigenvalue weighted by Crippen LogP contribution is 2.25. The third-order valence-corrected chi connectivity index (χ3v) is 6.20. The SMILES string of the molecule is O=C(CCCNS(=O)(=O)c1ccc(Cl)c(Cl)c1)ON1C(=O)c2ccccc2C1=O. The van der Waals surface area contributed by atoms with Crippen molar-refractivity contribution in [3.63, 3.8) is 0 Å². The number of fused-ring (bicyclic) bond motifs is 1. The van der Waals surface area contributed by atoms with Crippen molar-refractivity contribution in [2.45, 2.75) is 17.7 Å². The maximum Gasteiger partial charge on any atom is 0.333 e. The number of nitrogens with one attached hydrogen (secondary N) is 1. The van der Waals surface area contributed by atoms with Crippen molar-refractivity contribution in [3.8, 4) is 0 Å². The second-order valence-corrected chi connectivity index (χ2v) is 8.57. The zero-order valence-electron chi connectivity index (χ0n) is 14.7. The Morgan fingerprint density at radius 3 is 2.21 bits per heavy atom. The van der Waals surface area contributed by atoms with Crippen LogP contribution >= 0.6 is 23.2 Å². The van der Waals surface area contributed by atoms with Crippen LogP contribution in [0, 0.1) is 0 Å². The zero-order chi connectivity index (χ0) is 21.2. The van der Waals surface area contributed by atoms with Gasteiger partial charge in [-0.05, 0) is 36.8 Å². The van der Waals surface area contributed by atoms with Gasteiger partial charge in [0.05, 0.1) is 26.1 Å². The standard InChI is InChI=1S/C18H14Cl2N2O6S/c19-14-8-7-11(10-15(14)20)29(26,27)21-9-3-6-16(23)28-22-17(24)12-4-1-2-5-13(12)18(22)25/h1-2,4-5,7-8,10,21H,3,6,9H2. The molecule has 1 aliphatic heterocycles. The number of hydroxylamine groups is 2. The summed E-state index contributed by atoms with van der Waals surface area (Å²) in [6, 6.07) is 9.97. The highest BCUT2D eigenvalue weighted by atomic mass is 35.5. The van der Waals surface area contributed by atoms with E-state index in [1.807, 2.05) is 0 Å². The summed E-state index contributed by atoms with van der Waals surface area (Å²) in [4.78, 5) is 41.0. The molecule has 0 bridgehead atoms. The van der Waals surface area contributed by atoms with E-state index in [2.05, 4.69) is 4.72 Å². The second-order valence-electron chi connectivity index (χ2n) is 5.99. The highest BCUT2D eigenvalue weighted by Gasteiger charge is 2.38. The van der Waals surface area contributed by atoms with Gasteiger partial charge in [-0.15, -0.1) is 0 Å². The fourth-order valence-corrected chi connectivity index (χ4v) is 4.03. The Balaban J connectivity index is 1.50. The summed E-state index contributed by atoms with van der Waals surface area (Å²) in [5.41, 5.74) is 0.305. The Morgan fingerprint density at radius 1 is 1.00 bits per heavy atom. The van der Waals surface area contributed by atoms with E-state index in [9.17, 15) is 22.8 Å². The van der Waals surface area contributed by atoms with Crippen LogP contribution in [0.3, 0.4) is 0 Å². The Bertz CT molecular complexity index is 1070. The average Bonchev–Trinajstić information content (AvgIpc) is 2.92. The zero-order valence-corrected chi connectivity index (χ0v) is 17.1. The predicted octanol–water partition coefficient (Wildman–Crippen LogP) is 2.81. The van der Waals surface area contributed by atoms with E-state index in [-0.39, 0.29) is 45.5 Å². The number of rotatable bonds is 7. The van der Waals surface area contributed by atoms with E-state index in [1.54, 1.807) is 12.1 Å². The number of carbonyl (C=O) groups excluding carboxylic acids is 3. The summed E-state index contributed by atoms with van der Waals surface area (Å²) in [6.07, 6.45) is -0.125. The molecule has 1 N–H and O–H groups in total. The van der Waals surface area contributed by atoms with E-state index >= 15 is 0 Å². The van der Waals surface area contributed by atoms with Crippen molar-refractivity contribution in [2.24, 2.45) is 0 Å². The fraction of sp³-hybridized carbons (Fsp3) is 0.167. The van der Waals surface area contributed by atoms with Crippen LogP contribution in [0.4, 0.5) is 0 Å². The largest absolute Gasteiger partial charge is 0.333 e. The monoisotopic (exact) mass is 456 g/mol. The molecule has 152 valence electrons. The van der Waals surface area contributed by atoms with Crippen molar-refractivity contribution >= 4 is 51.0 Å². The molecule has 0 saturated heterocycles. The molecule has 29 heavy (non-hydrogen) atoms. The van der Waals surface area contributed by atoms with Gasteiger partial charge in [0.2, 0.25) is 10.0 Å². The molecular weight excluding hydrogens is 443 g/mol. The quantitative estimate of drug-likeness (QED) is 0.506. The van der Waals surface area contributed by atoms with Crippen molar-refractivity contribution in [3.05, 3.63) is 63.6 Å². The number of hydrogen-bond donors (Lipinski definition) is 1. The normalized spacial score (nSPS) is 13.5. The molecule has 0 fully saturated rings. The molecule has 0 saturated carbocycles. The minimum Gasteiger partial charge on any atom is -0.330 e. The molecule has 8 nitrogen and oxygen atoms in total. The van der Waals surface area contributed by atoms with Gasteiger partial charge in [0.15, 0.2) is 0 Å². The minimum absolute atomic E-state index is 0.0690. The van der Waals surface area contributed by atoms with E-state index < -0.39 is 27.8 Å². The van der Waals surface area contributed by atoms with Crippen LogP contribution in [0.2, 0.25) is 10.0 Å². The van der Waals surface area contributed by atoms with Gasteiger partial charge in [-0.1, -0.05) is 40.4 Å². The first-order valence-corrected chi connectivity index (χ1v) is 10.6. The molecule has 0 radical (unpaired) electrons. The van der Waals surface area contributed by atoms with Crippen molar-refractivity contribution in [2.75, 3.05) is 6.54 Å². The maximum absolute atomic E-state index is 12.2. The summed E-state index contributed by atoms with van der Waals surface area (Å²) < 4.78 is 26.7. The summed E-state index contributed by atoms with van der Waals surface area (Å²) in [7, 11) is -3.84. The first-order chi connectivity index (χ1) is 13.7. The Kier molecular flexibility index (Phi) is 6.23. The van der Waals surface area contributed by atoms with Gasteiger partial charge in [0, 0.05) is 13.0 Å². The minimum atomic E-state index is -3.84. The van der Waals surface area contributed by atoms with E-state index in [1.165, 1.54) is 30.3 Å². The molecule has 3 rings (SSSR count). The summed E-state index contributed by atoms with van der Waals surface area (Å²) in [6.45, 7) is -0.0696. The number of hydrogen-bond acceptors (Lipinski definition) is 6. The van der Waals surface area contributed by atoms with E-state index in [0.717, 1.165) is 0 Å². The van der Waals surface area contributed by atoms with Gasteiger partial charge in [-0.3, -0.25) is 9.59 Å². The Labute approximate surface area is 176 Å². The Morgan fingerprint density at radius 2 is 1.62 bits per heavy atom. The van der Waals surface area contributed by atoms with Crippen LogP contribution in [0.25, 0.3) is 0 Å².